The van der Waals surface area contributed by atoms with Crippen molar-refractivity contribution in [2.45, 2.75) is 51.9 Å². The van der Waals surface area contributed by atoms with Crippen LogP contribution in [-0.4, -0.2) is 0 Å². The molecule has 0 aliphatic carbocycles. The van der Waals surface area contributed by atoms with Crippen LogP contribution in [0.4, 0.5) is 0 Å². The van der Waals surface area contributed by atoms with Crippen LogP contribution < -0.4 is 0 Å². The summed E-state index contributed by atoms with van der Waals surface area (Å²) in [5, 5.41) is 0. The molecular weight excluding hydrogens is 144 g/mol. The van der Waals surface area contributed by atoms with Crippen molar-refractivity contribution in [2.24, 2.45) is 0 Å². The van der Waals surface area contributed by atoms with Gasteiger partial charge in [-0.15, -0.1) is 6.58 Å². The highest BCUT2D eigenvalue weighted by molar-refractivity contribution is 4.82. The standard InChI is InChI=1S/C12H22/c1-3-5-7-9-11-12-10-8-6-4-2/h3,11-12H,1,4-10H2,2H3/b12-11+. The van der Waals surface area contributed by atoms with E-state index < -0.39 is 0 Å². The second kappa shape index (κ2) is 10.5. The average Bonchev–Trinajstić information content (AvgIpc) is 2.10. The summed E-state index contributed by atoms with van der Waals surface area (Å²) in [6, 6.07) is 0. The Hall–Kier alpha value is -0.520. The van der Waals surface area contributed by atoms with Crippen LogP contribution in [0.25, 0.3) is 0 Å². The van der Waals surface area contributed by atoms with Crippen molar-refractivity contribution in [3.63, 3.8) is 0 Å². The highest BCUT2D eigenvalue weighted by Crippen LogP contribution is 2.02. The predicted octanol–water partition coefficient (Wildman–Crippen LogP) is 4.48. The van der Waals surface area contributed by atoms with E-state index in [0.717, 1.165) is 6.42 Å². The Morgan fingerprint density at radius 3 is 2.17 bits per heavy atom. The molecule has 0 nitrogen and oxygen atoms in total. The minimum atomic E-state index is 1.15. The number of allylic oxidation sites excluding steroid dienone is 3. The molecule has 0 radical (unpaired) electrons. The molecule has 12 heavy (non-hydrogen) atoms. The lowest BCUT2D eigenvalue weighted by molar-refractivity contribution is 0.727. The average molecular weight is 166 g/mol. The summed E-state index contributed by atoms with van der Waals surface area (Å²) in [6.45, 7) is 5.94. The normalized spacial score (nSPS) is 10.8. The lowest BCUT2D eigenvalue weighted by Crippen LogP contribution is -1.72. The van der Waals surface area contributed by atoms with Crippen molar-refractivity contribution in [2.75, 3.05) is 0 Å². The summed E-state index contributed by atoms with van der Waals surface area (Å²) in [6.07, 6.45) is 15.6. The van der Waals surface area contributed by atoms with Crippen LogP contribution in [0, 0.1) is 0 Å². The molecule has 0 aliphatic heterocycles. The topological polar surface area (TPSA) is 0 Å². The largest absolute Gasteiger partial charge is 0.103 e. The molecule has 0 heteroatoms. The molecule has 0 aliphatic rings. The van der Waals surface area contributed by atoms with Crippen molar-refractivity contribution in [3.8, 4) is 0 Å². The second-order valence-electron chi connectivity index (χ2n) is 3.19. The van der Waals surface area contributed by atoms with Crippen LogP contribution >= 0.6 is 0 Å². The summed E-state index contributed by atoms with van der Waals surface area (Å²) >= 11 is 0. The van der Waals surface area contributed by atoms with Gasteiger partial charge in [-0.2, -0.15) is 0 Å². The van der Waals surface area contributed by atoms with Gasteiger partial charge >= 0.3 is 0 Å². The number of hydrogen-bond donors (Lipinski definition) is 0. The van der Waals surface area contributed by atoms with Gasteiger partial charge in [0, 0.05) is 0 Å². The molecule has 0 spiro atoms. The highest BCUT2D eigenvalue weighted by atomic mass is 13.9. The summed E-state index contributed by atoms with van der Waals surface area (Å²) in [5.74, 6) is 0. The minimum Gasteiger partial charge on any atom is -0.103 e. The van der Waals surface area contributed by atoms with Gasteiger partial charge in [0.15, 0.2) is 0 Å². The fraction of sp³-hybridized carbons (Fsp3) is 0.667. The summed E-state index contributed by atoms with van der Waals surface area (Å²) in [4.78, 5) is 0. The molecule has 0 aromatic rings. The van der Waals surface area contributed by atoms with E-state index in [-0.39, 0.29) is 0 Å². The van der Waals surface area contributed by atoms with Crippen molar-refractivity contribution in [1.82, 2.24) is 0 Å². The zero-order chi connectivity index (χ0) is 9.07. The fourth-order valence-electron chi connectivity index (χ4n) is 1.13. The quantitative estimate of drug-likeness (QED) is 0.368. The smallest absolute Gasteiger partial charge is 0.0348 e. The van der Waals surface area contributed by atoms with E-state index in [2.05, 4.69) is 25.7 Å². The molecule has 0 unspecified atom stereocenters. The number of rotatable bonds is 8. The van der Waals surface area contributed by atoms with E-state index in [1.54, 1.807) is 0 Å². The summed E-state index contributed by atoms with van der Waals surface area (Å²) in [5.41, 5.74) is 0. The Kier molecular flexibility index (Phi) is 10.0. The molecular formula is C12H22. The zero-order valence-electron chi connectivity index (χ0n) is 8.39. The molecule has 0 aromatic heterocycles. The van der Waals surface area contributed by atoms with Crippen LogP contribution in [0.5, 0.6) is 0 Å². The van der Waals surface area contributed by atoms with Gasteiger partial charge in [-0.05, 0) is 32.1 Å². The Morgan fingerprint density at radius 2 is 1.58 bits per heavy atom. The van der Waals surface area contributed by atoms with Crippen molar-refractivity contribution in [3.05, 3.63) is 24.8 Å². The Labute approximate surface area is 77.4 Å². The van der Waals surface area contributed by atoms with Gasteiger partial charge in [-0.3, -0.25) is 0 Å². The molecule has 0 amide bonds. The molecule has 0 fully saturated rings. The molecule has 0 N–H and O–H groups in total. The second-order valence-corrected chi connectivity index (χ2v) is 3.19. The first-order valence-electron chi connectivity index (χ1n) is 5.17. The monoisotopic (exact) mass is 166 g/mol. The first-order chi connectivity index (χ1) is 5.91. The van der Waals surface area contributed by atoms with E-state index >= 15 is 0 Å². The lowest BCUT2D eigenvalue weighted by Gasteiger charge is -1.92. The van der Waals surface area contributed by atoms with E-state index in [0.29, 0.717) is 0 Å². The van der Waals surface area contributed by atoms with Crippen LogP contribution in [-0.2, 0) is 0 Å². The van der Waals surface area contributed by atoms with Gasteiger partial charge in [0.25, 0.3) is 0 Å². The Balaban J connectivity index is 2.98. The van der Waals surface area contributed by atoms with Gasteiger partial charge in [-0.1, -0.05) is 38.0 Å². The third-order valence-electron chi connectivity index (χ3n) is 1.92. The van der Waals surface area contributed by atoms with Gasteiger partial charge in [0.1, 0.15) is 0 Å². The molecule has 0 rings (SSSR count). The van der Waals surface area contributed by atoms with Gasteiger partial charge in [0.2, 0.25) is 0 Å². The number of hydrogen-bond acceptors (Lipinski definition) is 0. The SMILES string of the molecule is C=CCCC/C=C/CCCCC. The summed E-state index contributed by atoms with van der Waals surface area (Å²) in [7, 11) is 0. The Bertz CT molecular complexity index is 111. The highest BCUT2D eigenvalue weighted by Gasteiger charge is 1.82. The predicted molar refractivity (Wildman–Crippen MR) is 57.3 cm³/mol. The molecule has 70 valence electrons. The van der Waals surface area contributed by atoms with Crippen molar-refractivity contribution >= 4 is 0 Å². The molecule has 0 saturated carbocycles. The maximum Gasteiger partial charge on any atom is -0.0348 e. The third kappa shape index (κ3) is 9.48. The minimum absolute atomic E-state index is 1.15. The van der Waals surface area contributed by atoms with E-state index in [1.807, 2.05) is 6.08 Å². The van der Waals surface area contributed by atoms with Crippen LogP contribution in [0.2, 0.25) is 0 Å². The van der Waals surface area contributed by atoms with E-state index in [1.165, 1.54) is 38.5 Å². The first-order valence-corrected chi connectivity index (χ1v) is 5.17. The maximum atomic E-state index is 3.69. The first kappa shape index (κ1) is 11.5. The van der Waals surface area contributed by atoms with E-state index in [4.69, 9.17) is 0 Å². The van der Waals surface area contributed by atoms with Gasteiger partial charge < -0.3 is 0 Å². The van der Waals surface area contributed by atoms with E-state index in [9.17, 15) is 0 Å². The fourth-order valence-corrected chi connectivity index (χ4v) is 1.13. The molecule has 0 atom stereocenters. The van der Waals surface area contributed by atoms with Crippen molar-refractivity contribution in [1.29, 1.82) is 0 Å². The van der Waals surface area contributed by atoms with Gasteiger partial charge in [-0.25, -0.2) is 0 Å². The number of unbranched alkanes of at least 4 members (excludes halogenated alkanes) is 5. The molecule has 0 heterocycles. The van der Waals surface area contributed by atoms with Crippen molar-refractivity contribution < 1.29 is 0 Å². The lowest BCUT2D eigenvalue weighted by atomic mass is 10.1. The molecule has 0 saturated heterocycles. The zero-order valence-corrected chi connectivity index (χ0v) is 8.39. The third-order valence-corrected chi connectivity index (χ3v) is 1.92. The van der Waals surface area contributed by atoms with Crippen LogP contribution in [0.3, 0.4) is 0 Å². The Morgan fingerprint density at radius 1 is 0.917 bits per heavy atom. The summed E-state index contributed by atoms with van der Waals surface area (Å²) < 4.78 is 0. The molecule has 0 bridgehead atoms. The van der Waals surface area contributed by atoms with Crippen LogP contribution in [0.15, 0.2) is 24.8 Å². The van der Waals surface area contributed by atoms with Crippen LogP contribution in [0.1, 0.15) is 51.9 Å². The maximum absolute atomic E-state index is 3.69. The molecule has 0 aromatic carbocycles. The van der Waals surface area contributed by atoms with Gasteiger partial charge in [0.05, 0.1) is 0 Å².